The molecule has 1 aliphatic heterocycles. The van der Waals surface area contributed by atoms with Crippen LogP contribution < -0.4 is 14.9 Å². The van der Waals surface area contributed by atoms with E-state index < -0.39 is 0 Å². The molecular formula is C19H22O7. The van der Waals surface area contributed by atoms with E-state index in [4.69, 9.17) is 28.1 Å². The van der Waals surface area contributed by atoms with Crippen molar-refractivity contribution in [3.63, 3.8) is 0 Å². The molecule has 26 heavy (non-hydrogen) atoms. The third-order valence-electron chi connectivity index (χ3n) is 4.06. The Morgan fingerprint density at radius 2 is 2.04 bits per heavy atom. The molecule has 0 aliphatic carbocycles. The van der Waals surface area contributed by atoms with Gasteiger partial charge in [0.05, 0.1) is 0 Å². The zero-order valence-corrected chi connectivity index (χ0v) is 15.1. The van der Waals surface area contributed by atoms with E-state index in [0.29, 0.717) is 34.6 Å². The van der Waals surface area contributed by atoms with Gasteiger partial charge in [0.2, 0.25) is 0 Å². The van der Waals surface area contributed by atoms with Gasteiger partial charge in [-0.2, -0.15) is 0 Å². The predicted octanol–water partition coefficient (Wildman–Crippen LogP) is 2.78. The van der Waals surface area contributed by atoms with E-state index in [9.17, 15) is 4.79 Å². The molecule has 0 bridgehead atoms. The highest BCUT2D eigenvalue weighted by molar-refractivity contribution is 5.87. The minimum Gasteiger partial charge on any atom is -0.485 e. The fourth-order valence-electron chi connectivity index (χ4n) is 2.88. The first-order valence-corrected chi connectivity index (χ1v) is 8.18. The van der Waals surface area contributed by atoms with Crippen molar-refractivity contribution in [2.24, 2.45) is 0 Å². The zero-order valence-electron chi connectivity index (χ0n) is 15.1. The van der Waals surface area contributed by atoms with Gasteiger partial charge in [0, 0.05) is 38.3 Å². The lowest BCUT2D eigenvalue weighted by molar-refractivity contribution is -0.0440. The molecule has 0 saturated carbocycles. The van der Waals surface area contributed by atoms with Crippen LogP contribution in [0.4, 0.5) is 0 Å². The molecule has 1 aliphatic rings. The van der Waals surface area contributed by atoms with Gasteiger partial charge in [-0.05, 0) is 12.5 Å². The molecule has 0 amide bonds. The van der Waals surface area contributed by atoms with E-state index in [1.165, 1.54) is 20.3 Å². The first kappa shape index (κ1) is 18.4. The Kier molecular flexibility index (Phi) is 5.61. The summed E-state index contributed by atoms with van der Waals surface area (Å²) in [6, 6.07) is 3.12. The van der Waals surface area contributed by atoms with Gasteiger partial charge in [-0.3, -0.25) is 4.79 Å². The Bertz CT molecular complexity index is 868. The van der Waals surface area contributed by atoms with Crippen LogP contribution in [0.3, 0.4) is 0 Å². The van der Waals surface area contributed by atoms with Gasteiger partial charge < -0.3 is 28.1 Å². The Labute approximate surface area is 151 Å². The normalized spacial score (nSPS) is 15.7. The average molecular weight is 362 g/mol. The van der Waals surface area contributed by atoms with Crippen molar-refractivity contribution in [1.29, 1.82) is 0 Å². The molecule has 0 saturated heterocycles. The van der Waals surface area contributed by atoms with E-state index in [0.717, 1.165) is 11.1 Å². The quantitative estimate of drug-likeness (QED) is 0.406. The lowest BCUT2D eigenvalue weighted by atomic mass is 10.0. The molecule has 2 heterocycles. The van der Waals surface area contributed by atoms with Crippen molar-refractivity contribution < 1.29 is 28.1 Å². The van der Waals surface area contributed by atoms with E-state index in [1.807, 2.05) is 6.92 Å². The number of fused-ring (bicyclic) bond motifs is 2. The second-order valence-electron chi connectivity index (χ2n) is 6.10. The second kappa shape index (κ2) is 7.90. The molecule has 2 aromatic rings. The van der Waals surface area contributed by atoms with Gasteiger partial charge in [0.25, 0.3) is 0 Å². The molecule has 1 aromatic heterocycles. The highest BCUT2D eigenvalue weighted by Crippen LogP contribution is 2.42. The maximum Gasteiger partial charge on any atom is 0.196 e. The minimum atomic E-state index is -0.213. The van der Waals surface area contributed by atoms with E-state index in [1.54, 1.807) is 6.07 Å². The molecule has 1 atom stereocenters. The molecule has 7 nitrogen and oxygen atoms in total. The van der Waals surface area contributed by atoms with Crippen LogP contribution in [0.1, 0.15) is 18.2 Å². The Hall–Kier alpha value is -2.35. The highest BCUT2D eigenvalue weighted by Gasteiger charge is 2.30. The van der Waals surface area contributed by atoms with Crippen molar-refractivity contribution in [2.75, 3.05) is 27.8 Å². The number of ether oxygens (including phenoxy) is 5. The fraction of sp³-hybridized carbons (Fsp3) is 0.421. The molecule has 1 aromatic carbocycles. The maximum atomic E-state index is 12.7. The van der Waals surface area contributed by atoms with Gasteiger partial charge in [0.1, 0.15) is 47.7 Å². The van der Waals surface area contributed by atoms with Gasteiger partial charge in [-0.1, -0.05) is 6.58 Å². The molecule has 140 valence electrons. The van der Waals surface area contributed by atoms with Gasteiger partial charge in [-0.25, -0.2) is 0 Å². The monoisotopic (exact) mass is 362 g/mol. The third-order valence-corrected chi connectivity index (χ3v) is 4.06. The van der Waals surface area contributed by atoms with Gasteiger partial charge >= 0.3 is 0 Å². The van der Waals surface area contributed by atoms with Crippen LogP contribution >= 0.6 is 0 Å². The van der Waals surface area contributed by atoms with Crippen molar-refractivity contribution >= 4 is 11.0 Å². The SMILES string of the molecule is C=C(C)[C@H]1Cc2c(cc3oc(COCOC)cc(=O)c3c2OCOC)O1. The largest absolute Gasteiger partial charge is 0.485 e. The van der Waals surface area contributed by atoms with Crippen molar-refractivity contribution in [1.82, 2.24) is 0 Å². The van der Waals surface area contributed by atoms with Crippen LogP contribution in [0.2, 0.25) is 0 Å². The van der Waals surface area contributed by atoms with Gasteiger partial charge in [0.15, 0.2) is 12.2 Å². The Morgan fingerprint density at radius 1 is 1.27 bits per heavy atom. The molecule has 0 N–H and O–H groups in total. The van der Waals surface area contributed by atoms with E-state index >= 15 is 0 Å². The topological polar surface area (TPSA) is 76.4 Å². The van der Waals surface area contributed by atoms with E-state index in [-0.39, 0.29) is 31.7 Å². The molecule has 0 unspecified atom stereocenters. The average Bonchev–Trinajstić information content (AvgIpc) is 3.03. The maximum absolute atomic E-state index is 12.7. The first-order chi connectivity index (χ1) is 12.5. The molecular weight excluding hydrogens is 340 g/mol. The minimum absolute atomic E-state index is 0.0153. The Balaban J connectivity index is 2.09. The summed E-state index contributed by atoms with van der Waals surface area (Å²) in [6.45, 7) is 6.10. The summed E-state index contributed by atoms with van der Waals surface area (Å²) >= 11 is 0. The number of benzene rings is 1. The fourth-order valence-corrected chi connectivity index (χ4v) is 2.88. The summed E-state index contributed by atoms with van der Waals surface area (Å²) in [5, 5.41) is 0.363. The zero-order chi connectivity index (χ0) is 18.7. The molecule has 3 rings (SSSR count). The summed E-state index contributed by atoms with van der Waals surface area (Å²) in [5.74, 6) is 1.45. The van der Waals surface area contributed by atoms with Crippen LogP contribution in [0, 0.1) is 0 Å². The summed E-state index contributed by atoms with van der Waals surface area (Å²) in [5.41, 5.74) is 1.88. The molecule has 0 radical (unpaired) electrons. The third kappa shape index (κ3) is 3.60. The van der Waals surface area contributed by atoms with Crippen molar-refractivity contribution in [3.05, 3.63) is 45.8 Å². The number of hydrogen-bond donors (Lipinski definition) is 0. The van der Waals surface area contributed by atoms with E-state index in [2.05, 4.69) is 6.58 Å². The first-order valence-electron chi connectivity index (χ1n) is 8.18. The smallest absolute Gasteiger partial charge is 0.196 e. The standard InChI is InChI=1S/C19H22O7/c1-11(2)15-6-13-16(26-15)7-17-18(19(13)24-10-22-4)14(20)5-12(25-17)8-23-9-21-3/h5,7,15H,1,6,8-10H2,2-4H3/t15-/m1/s1. The second-order valence-corrected chi connectivity index (χ2v) is 6.10. The Morgan fingerprint density at radius 3 is 2.73 bits per heavy atom. The predicted molar refractivity (Wildman–Crippen MR) is 94.6 cm³/mol. The van der Waals surface area contributed by atoms with Crippen molar-refractivity contribution in [3.8, 4) is 11.5 Å². The lowest BCUT2D eigenvalue weighted by Crippen LogP contribution is -2.13. The highest BCUT2D eigenvalue weighted by atomic mass is 16.7. The van der Waals surface area contributed by atoms with Crippen molar-refractivity contribution in [2.45, 2.75) is 26.1 Å². The summed E-state index contributed by atoms with van der Waals surface area (Å²) in [7, 11) is 3.04. The summed E-state index contributed by atoms with van der Waals surface area (Å²) in [4.78, 5) is 12.7. The number of hydrogen-bond acceptors (Lipinski definition) is 7. The summed E-state index contributed by atoms with van der Waals surface area (Å²) < 4.78 is 32.6. The van der Waals surface area contributed by atoms with Crippen LogP contribution in [0.15, 0.2) is 33.5 Å². The molecule has 0 fully saturated rings. The van der Waals surface area contributed by atoms with Crippen LogP contribution in [-0.4, -0.2) is 33.9 Å². The van der Waals surface area contributed by atoms with Gasteiger partial charge in [-0.15, -0.1) is 0 Å². The summed E-state index contributed by atoms with van der Waals surface area (Å²) in [6.07, 6.45) is 0.420. The number of methoxy groups -OCH3 is 2. The molecule has 0 spiro atoms. The van der Waals surface area contributed by atoms with Crippen LogP contribution in [-0.2, 0) is 27.2 Å². The van der Waals surface area contributed by atoms with Crippen LogP contribution in [0.25, 0.3) is 11.0 Å². The molecule has 7 heteroatoms. The number of rotatable bonds is 8. The van der Waals surface area contributed by atoms with Crippen LogP contribution in [0.5, 0.6) is 11.5 Å². The lowest BCUT2D eigenvalue weighted by Gasteiger charge is -2.12.